The maximum Gasteiger partial charge on any atom is 0.337 e. The zero-order valence-corrected chi connectivity index (χ0v) is 11.7. The zero-order chi connectivity index (χ0) is 14.8. The van der Waals surface area contributed by atoms with E-state index in [4.69, 9.17) is 5.11 Å². The zero-order valence-electron chi connectivity index (χ0n) is 11.7. The average Bonchev–Trinajstić information content (AvgIpc) is 2.91. The maximum absolute atomic E-state index is 12.3. The van der Waals surface area contributed by atoms with Crippen molar-refractivity contribution in [2.45, 2.75) is 25.8 Å². The predicted octanol–water partition coefficient (Wildman–Crippen LogP) is 1.75. The van der Waals surface area contributed by atoms with Gasteiger partial charge in [0.15, 0.2) is 0 Å². The van der Waals surface area contributed by atoms with Crippen molar-refractivity contribution in [2.75, 3.05) is 13.1 Å². The van der Waals surface area contributed by atoms with E-state index >= 15 is 0 Å². The van der Waals surface area contributed by atoms with Crippen LogP contribution >= 0.6 is 0 Å². The molecule has 1 aliphatic heterocycles. The smallest absolute Gasteiger partial charge is 0.337 e. The summed E-state index contributed by atoms with van der Waals surface area (Å²) in [6.07, 6.45) is 4.83. The van der Waals surface area contributed by atoms with E-state index in [0.29, 0.717) is 11.0 Å². The number of nitrogens with zero attached hydrogens (tertiary/aromatic N) is 3. The molecule has 0 aliphatic carbocycles. The van der Waals surface area contributed by atoms with Crippen molar-refractivity contribution in [3.63, 3.8) is 0 Å². The van der Waals surface area contributed by atoms with Crippen LogP contribution in [0.4, 0.5) is 0 Å². The summed E-state index contributed by atoms with van der Waals surface area (Å²) < 4.78 is 1.72. The molecule has 1 fully saturated rings. The molecule has 0 spiro atoms. The number of amides is 1. The lowest BCUT2D eigenvalue weighted by atomic mass is 10.1. The SMILES string of the molecule is O=C(O)c1cccc2c1ncn2CC(=O)N1CCCCC1. The number of carboxylic acids is 1. The lowest BCUT2D eigenvalue weighted by Crippen LogP contribution is -2.37. The number of carboxylic acid groups (broad SMARTS) is 1. The Balaban J connectivity index is 1.86. The fourth-order valence-electron chi connectivity index (χ4n) is 2.78. The average molecular weight is 287 g/mol. The summed E-state index contributed by atoms with van der Waals surface area (Å²) in [6.45, 7) is 1.83. The van der Waals surface area contributed by atoms with E-state index in [-0.39, 0.29) is 18.0 Å². The molecule has 1 saturated heterocycles. The molecule has 2 heterocycles. The van der Waals surface area contributed by atoms with E-state index in [1.807, 2.05) is 4.90 Å². The van der Waals surface area contributed by atoms with Gasteiger partial charge in [0.1, 0.15) is 12.1 Å². The Kier molecular flexibility index (Phi) is 3.60. The third kappa shape index (κ3) is 2.61. The third-order valence-corrected chi connectivity index (χ3v) is 3.90. The highest BCUT2D eigenvalue weighted by atomic mass is 16.4. The highest BCUT2D eigenvalue weighted by Gasteiger charge is 2.18. The number of rotatable bonds is 3. The van der Waals surface area contributed by atoms with Gasteiger partial charge in [-0.25, -0.2) is 9.78 Å². The van der Waals surface area contributed by atoms with Crippen LogP contribution < -0.4 is 0 Å². The number of fused-ring (bicyclic) bond motifs is 1. The normalized spacial score (nSPS) is 15.3. The maximum atomic E-state index is 12.3. The number of para-hydroxylation sites is 1. The molecule has 3 rings (SSSR count). The van der Waals surface area contributed by atoms with Crippen LogP contribution in [0.2, 0.25) is 0 Å². The Morgan fingerprint density at radius 1 is 1.19 bits per heavy atom. The lowest BCUT2D eigenvalue weighted by molar-refractivity contribution is -0.132. The number of carbonyl (C=O) groups excluding carboxylic acids is 1. The summed E-state index contributed by atoms with van der Waals surface area (Å²) in [5, 5.41) is 9.15. The number of hydrogen-bond acceptors (Lipinski definition) is 3. The van der Waals surface area contributed by atoms with Gasteiger partial charge in [-0.05, 0) is 31.4 Å². The predicted molar refractivity (Wildman–Crippen MR) is 77.1 cm³/mol. The Morgan fingerprint density at radius 2 is 1.95 bits per heavy atom. The largest absolute Gasteiger partial charge is 0.478 e. The first-order chi connectivity index (χ1) is 10.2. The highest BCUT2D eigenvalue weighted by molar-refractivity contribution is 6.01. The van der Waals surface area contributed by atoms with Gasteiger partial charge < -0.3 is 14.6 Å². The number of piperidine rings is 1. The molecule has 0 unspecified atom stereocenters. The molecule has 0 atom stereocenters. The quantitative estimate of drug-likeness (QED) is 0.933. The molecule has 0 saturated carbocycles. The number of carbonyl (C=O) groups is 2. The molecule has 1 aliphatic rings. The molecule has 2 aromatic rings. The molecule has 110 valence electrons. The van der Waals surface area contributed by atoms with Crippen LogP contribution in [0.15, 0.2) is 24.5 Å². The third-order valence-electron chi connectivity index (χ3n) is 3.90. The summed E-state index contributed by atoms with van der Waals surface area (Å²) in [5.74, 6) is -0.942. The van der Waals surface area contributed by atoms with Gasteiger partial charge in [0.25, 0.3) is 0 Å². The summed E-state index contributed by atoms with van der Waals surface area (Å²) in [5.41, 5.74) is 1.27. The Labute approximate surface area is 122 Å². The topological polar surface area (TPSA) is 75.4 Å². The van der Waals surface area contributed by atoms with Crippen molar-refractivity contribution in [2.24, 2.45) is 0 Å². The van der Waals surface area contributed by atoms with E-state index < -0.39 is 5.97 Å². The van der Waals surface area contributed by atoms with E-state index in [1.165, 1.54) is 12.5 Å². The number of aromatic nitrogens is 2. The van der Waals surface area contributed by atoms with E-state index in [1.54, 1.807) is 23.0 Å². The molecule has 6 nitrogen and oxygen atoms in total. The first-order valence-electron chi connectivity index (χ1n) is 7.12. The first kappa shape index (κ1) is 13.6. The molecule has 1 N–H and O–H groups in total. The van der Waals surface area contributed by atoms with Crippen molar-refractivity contribution >= 4 is 22.9 Å². The molecular weight excluding hydrogens is 270 g/mol. The van der Waals surface area contributed by atoms with Gasteiger partial charge in [0, 0.05) is 13.1 Å². The number of aromatic carboxylic acids is 1. The molecule has 21 heavy (non-hydrogen) atoms. The van der Waals surface area contributed by atoms with Crippen LogP contribution in [-0.2, 0) is 11.3 Å². The highest BCUT2D eigenvalue weighted by Crippen LogP contribution is 2.18. The van der Waals surface area contributed by atoms with Gasteiger partial charge in [-0.15, -0.1) is 0 Å². The molecule has 6 heteroatoms. The summed E-state index contributed by atoms with van der Waals surface area (Å²) in [6, 6.07) is 4.99. The van der Waals surface area contributed by atoms with Crippen molar-refractivity contribution < 1.29 is 14.7 Å². The van der Waals surface area contributed by atoms with Gasteiger partial charge >= 0.3 is 5.97 Å². The second-order valence-electron chi connectivity index (χ2n) is 5.29. The summed E-state index contributed by atoms with van der Waals surface area (Å²) >= 11 is 0. The Bertz CT molecular complexity index is 687. The fourth-order valence-corrected chi connectivity index (χ4v) is 2.78. The molecule has 1 aromatic carbocycles. The summed E-state index contributed by atoms with van der Waals surface area (Å²) in [4.78, 5) is 29.5. The van der Waals surface area contributed by atoms with Gasteiger partial charge in [0.2, 0.25) is 5.91 Å². The van der Waals surface area contributed by atoms with Crippen LogP contribution in [0.3, 0.4) is 0 Å². The van der Waals surface area contributed by atoms with Gasteiger partial charge in [-0.3, -0.25) is 4.79 Å². The van der Waals surface area contributed by atoms with E-state index in [0.717, 1.165) is 25.9 Å². The van der Waals surface area contributed by atoms with Crippen LogP contribution in [0.25, 0.3) is 11.0 Å². The number of benzene rings is 1. The number of likely N-dealkylation sites (tertiary alicyclic amines) is 1. The molecular formula is C15H17N3O3. The number of hydrogen-bond donors (Lipinski definition) is 1. The second kappa shape index (κ2) is 5.55. The molecule has 0 radical (unpaired) electrons. The minimum Gasteiger partial charge on any atom is -0.478 e. The van der Waals surface area contributed by atoms with Crippen LogP contribution in [-0.4, -0.2) is 44.5 Å². The first-order valence-corrected chi connectivity index (χ1v) is 7.12. The van der Waals surface area contributed by atoms with Crippen LogP contribution in [0.5, 0.6) is 0 Å². The van der Waals surface area contributed by atoms with E-state index in [9.17, 15) is 9.59 Å². The lowest BCUT2D eigenvalue weighted by Gasteiger charge is -2.26. The summed E-state index contributed by atoms with van der Waals surface area (Å²) in [7, 11) is 0. The molecule has 0 bridgehead atoms. The van der Waals surface area contributed by atoms with Crippen LogP contribution in [0, 0.1) is 0 Å². The fraction of sp³-hybridized carbons (Fsp3) is 0.400. The van der Waals surface area contributed by atoms with Crippen molar-refractivity contribution in [3.8, 4) is 0 Å². The molecule has 1 amide bonds. The second-order valence-corrected chi connectivity index (χ2v) is 5.29. The minimum atomic E-state index is -1.01. The van der Waals surface area contributed by atoms with Gasteiger partial charge in [0.05, 0.1) is 17.4 Å². The van der Waals surface area contributed by atoms with Gasteiger partial charge in [-0.2, -0.15) is 0 Å². The monoisotopic (exact) mass is 287 g/mol. The van der Waals surface area contributed by atoms with Crippen LogP contribution in [0.1, 0.15) is 29.6 Å². The Morgan fingerprint density at radius 3 is 2.67 bits per heavy atom. The standard InChI is InChI=1S/C15H17N3O3/c19-13(17-7-2-1-3-8-17)9-18-10-16-14-11(15(20)21)5-4-6-12(14)18/h4-6,10H,1-3,7-9H2,(H,20,21). The number of imidazole rings is 1. The van der Waals surface area contributed by atoms with Crippen molar-refractivity contribution in [1.29, 1.82) is 0 Å². The Hall–Kier alpha value is -2.37. The van der Waals surface area contributed by atoms with Crippen molar-refractivity contribution in [3.05, 3.63) is 30.1 Å². The van der Waals surface area contributed by atoms with Gasteiger partial charge in [-0.1, -0.05) is 6.07 Å². The van der Waals surface area contributed by atoms with Crippen molar-refractivity contribution in [1.82, 2.24) is 14.5 Å². The molecule has 1 aromatic heterocycles. The minimum absolute atomic E-state index is 0.0646. The van der Waals surface area contributed by atoms with E-state index in [2.05, 4.69) is 4.98 Å².